The molecule has 1 aliphatic rings. The summed E-state index contributed by atoms with van der Waals surface area (Å²) >= 11 is 6.28. The lowest BCUT2D eigenvalue weighted by atomic mass is 10.2. The van der Waals surface area contributed by atoms with Crippen molar-refractivity contribution in [1.29, 1.82) is 0 Å². The number of benzene rings is 2. The Balaban J connectivity index is 1.67. The van der Waals surface area contributed by atoms with Crippen LogP contribution in [-0.2, 0) is 20.1 Å². The highest BCUT2D eigenvalue weighted by Crippen LogP contribution is 2.32. The molecule has 0 spiro atoms. The highest BCUT2D eigenvalue weighted by molar-refractivity contribution is 6.31. The number of anilines is 2. The number of aryl methyl sites for hydroxylation is 1. The summed E-state index contributed by atoms with van der Waals surface area (Å²) in [6.07, 6.45) is -0.731. The maximum Gasteiger partial charge on any atom is 0.332 e. The maximum atomic E-state index is 13.5. The van der Waals surface area contributed by atoms with E-state index in [1.165, 1.54) is 4.57 Å². The number of aliphatic hydroxyl groups is 1. The maximum absolute atomic E-state index is 13.5. The first kappa shape index (κ1) is 22.2. The van der Waals surface area contributed by atoms with Gasteiger partial charge in [-0.3, -0.25) is 13.9 Å². The molecule has 1 N–H and O–H groups in total. The second-order valence-electron chi connectivity index (χ2n) is 8.21. The molecule has 176 valence electrons. The van der Waals surface area contributed by atoms with Crippen molar-refractivity contribution in [2.75, 3.05) is 18.1 Å². The molecular formula is C24H24ClN5O4. The van der Waals surface area contributed by atoms with Crippen LogP contribution in [0.4, 0.5) is 11.6 Å². The summed E-state index contributed by atoms with van der Waals surface area (Å²) in [4.78, 5) is 33.2. The largest absolute Gasteiger partial charge is 0.494 e. The number of imidazole rings is 1. The van der Waals surface area contributed by atoms with Crippen LogP contribution in [0.2, 0.25) is 5.02 Å². The highest BCUT2D eigenvalue weighted by Gasteiger charge is 2.30. The normalized spacial score (nSPS) is 15.5. The number of aromatic nitrogens is 4. The van der Waals surface area contributed by atoms with Crippen molar-refractivity contribution in [2.24, 2.45) is 7.05 Å². The van der Waals surface area contributed by atoms with Gasteiger partial charge >= 0.3 is 5.69 Å². The Morgan fingerprint density at radius 1 is 1.12 bits per heavy atom. The van der Waals surface area contributed by atoms with Gasteiger partial charge in [-0.2, -0.15) is 4.98 Å². The van der Waals surface area contributed by atoms with Gasteiger partial charge in [-0.05, 0) is 42.8 Å². The molecule has 0 unspecified atom stereocenters. The fraction of sp³-hybridized carbons (Fsp3) is 0.292. The average molecular weight is 482 g/mol. The molecule has 0 saturated carbocycles. The zero-order valence-corrected chi connectivity index (χ0v) is 19.6. The molecular weight excluding hydrogens is 458 g/mol. The Morgan fingerprint density at radius 3 is 2.56 bits per heavy atom. The fourth-order valence-corrected chi connectivity index (χ4v) is 4.54. The lowest BCUT2D eigenvalue weighted by molar-refractivity contribution is 0.154. The van der Waals surface area contributed by atoms with Gasteiger partial charge in [0.15, 0.2) is 11.2 Å². The van der Waals surface area contributed by atoms with Crippen LogP contribution in [0, 0.1) is 0 Å². The summed E-state index contributed by atoms with van der Waals surface area (Å²) in [6, 6.07) is 14.5. The van der Waals surface area contributed by atoms with Crippen molar-refractivity contribution in [3.05, 3.63) is 80.0 Å². The van der Waals surface area contributed by atoms with E-state index in [0.717, 1.165) is 16.0 Å². The van der Waals surface area contributed by atoms with Crippen LogP contribution in [-0.4, -0.2) is 43.0 Å². The molecule has 0 saturated heterocycles. The first-order valence-electron chi connectivity index (χ1n) is 11.0. The molecule has 2 aromatic heterocycles. The number of nitrogens with zero attached hydrogens (tertiary/aromatic N) is 5. The van der Waals surface area contributed by atoms with Gasteiger partial charge in [-0.15, -0.1) is 0 Å². The van der Waals surface area contributed by atoms with E-state index in [1.807, 2.05) is 36.1 Å². The standard InChI is InChI=1S/C24H24ClN5O4/c1-3-34-18-10-8-16(9-11-18)28-13-17(31)14-29-20-21(26-23(28)29)27(2)24(33)30(22(20)32)12-15-6-4-5-7-19(15)25/h4-11,17,31H,3,12-14H2,1-2H3/t17-/m1/s1. The van der Waals surface area contributed by atoms with Gasteiger partial charge in [0, 0.05) is 17.8 Å². The van der Waals surface area contributed by atoms with E-state index in [2.05, 4.69) is 4.98 Å². The van der Waals surface area contributed by atoms with Crippen molar-refractivity contribution >= 4 is 34.4 Å². The van der Waals surface area contributed by atoms with Crippen molar-refractivity contribution in [3.8, 4) is 5.75 Å². The number of fused-ring (bicyclic) bond motifs is 3. The third kappa shape index (κ3) is 3.66. The first-order valence-corrected chi connectivity index (χ1v) is 11.4. The molecule has 0 amide bonds. The van der Waals surface area contributed by atoms with Gasteiger partial charge in [0.25, 0.3) is 5.56 Å². The number of β-amino-alcohol motifs (C(OH)–C–C–N with tert-alkyl or cyclic N) is 1. The molecule has 4 aromatic rings. The van der Waals surface area contributed by atoms with Gasteiger partial charge in [-0.25, -0.2) is 4.79 Å². The summed E-state index contributed by atoms with van der Waals surface area (Å²) in [5.74, 6) is 1.23. The Bertz CT molecular complexity index is 1490. The predicted octanol–water partition coefficient (Wildman–Crippen LogP) is 2.51. The van der Waals surface area contributed by atoms with E-state index in [1.54, 1.807) is 35.9 Å². The van der Waals surface area contributed by atoms with Gasteiger partial charge in [0.05, 0.1) is 32.3 Å². The SMILES string of the molecule is CCOc1ccc(N2C[C@@H](O)Cn3c2nc2c3c(=O)n(Cc3ccccc3Cl)c(=O)n2C)cc1. The van der Waals surface area contributed by atoms with Crippen molar-refractivity contribution in [2.45, 2.75) is 26.1 Å². The third-order valence-electron chi connectivity index (χ3n) is 5.99. The Morgan fingerprint density at radius 2 is 1.85 bits per heavy atom. The van der Waals surface area contributed by atoms with Gasteiger partial charge in [-0.1, -0.05) is 29.8 Å². The fourth-order valence-electron chi connectivity index (χ4n) is 4.35. The van der Waals surface area contributed by atoms with Crippen LogP contribution in [0.3, 0.4) is 0 Å². The number of halogens is 1. The molecule has 1 aliphatic heterocycles. The molecule has 34 heavy (non-hydrogen) atoms. The molecule has 0 aliphatic carbocycles. The van der Waals surface area contributed by atoms with Gasteiger partial charge < -0.3 is 19.3 Å². The summed E-state index contributed by atoms with van der Waals surface area (Å²) in [7, 11) is 1.59. The van der Waals surface area contributed by atoms with Crippen LogP contribution >= 0.6 is 11.6 Å². The molecule has 0 radical (unpaired) electrons. The minimum atomic E-state index is -0.731. The lowest BCUT2D eigenvalue weighted by Gasteiger charge is -2.32. The summed E-state index contributed by atoms with van der Waals surface area (Å²) in [5.41, 5.74) is 1.03. The molecule has 9 nitrogen and oxygen atoms in total. The molecule has 5 rings (SSSR count). The summed E-state index contributed by atoms with van der Waals surface area (Å²) < 4.78 is 9.72. The van der Waals surface area contributed by atoms with E-state index in [4.69, 9.17) is 16.3 Å². The Kier molecular flexibility index (Phi) is 5.66. The van der Waals surface area contributed by atoms with Crippen LogP contribution in [0.1, 0.15) is 12.5 Å². The van der Waals surface area contributed by atoms with Crippen LogP contribution in [0.25, 0.3) is 11.2 Å². The number of aliphatic hydroxyl groups excluding tert-OH is 1. The molecule has 10 heteroatoms. The summed E-state index contributed by atoms with van der Waals surface area (Å²) in [5, 5.41) is 11.1. The zero-order valence-electron chi connectivity index (χ0n) is 18.8. The predicted molar refractivity (Wildman–Crippen MR) is 130 cm³/mol. The third-order valence-corrected chi connectivity index (χ3v) is 6.35. The number of hydrogen-bond acceptors (Lipinski definition) is 6. The van der Waals surface area contributed by atoms with Gasteiger partial charge in [0.1, 0.15) is 5.75 Å². The van der Waals surface area contributed by atoms with E-state index in [9.17, 15) is 14.7 Å². The zero-order chi connectivity index (χ0) is 24.0. The minimum Gasteiger partial charge on any atom is -0.494 e. The van der Waals surface area contributed by atoms with Gasteiger partial charge in [0.2, 0.25) is 5.95 Å². The minimum absolute atomic E-state index is 0.0345. The number of rotatable bonds is 5. The average Bonchev–Trinajstić information content (AvgIpc) is 3.21. The Hall–Kier alpha value is -3.56. The molecule has 2 aromatic carbocycles. The molecule has 0 fully saturated rings. The number of ether oxygens (including phenoxy) is 1. The van der Waals surface area contributed by atoms with Crippen molar-refractivity contribution in [3.63, 3.8) is 0 Å². The topological polar surface area (TPSA) is 94.5 Å². The van der Waals surface area contributed by atoms with Crippen molar-refractivity contribution in [1.82, 2.24) is 18.7 Å². The highest BCUT2D eigenvalue weighted by atomic mass is 35.5. The molecule has 3 heterocycles. The van der Waals surface area contributed by atoms with Crippen LogP contribution in [0.15, 0.2) is 58.1 Å². The van der Waals surface area contributed by atoms with E-state index in [-0.39, 0.29) is 24.3 Å². The van der Waals surface area contributed by atoms with E-state index >= 15 is 0 Å². The first-order chi connectivity index (χ1) is 16.4. The van der Waals surface area contributed by atoms with E-state index in [0.29, 0.717) is 29.7 Å². The van der Waals surface area contributed by atoms with Crippen molar-refractivity contribution < 1.29 is 9.84 Å². The smallest absolute Gasteiger partial charge is 0.332 e. The quantitative estimate of drug-likeness (QED) is 0.470. The van der Waals surface area contributed by atoms with E-state index < -0.39 is 17.4 Å². The molecule has 1 atom stereocenters. The lowest BCUT2D eigenvalue weighted by Crippen LogP contribution is -2.42. The monoisotopic (exact) mass is 481 g/mol. The van der Waals surface area contributed by atoms with Crippen LogP contribution in [0.5, 0.6) is 5.75 Å². The summed E-state index contributed by atoms with van der Waals surface area (Å²) in [6.45, 7) is 3.01. The second kappa shape index (κ2) is 8.66. The number of hydrogen-bond donors (Lipinski definition) is 1. The van der Waals surface area contributed by atoms with Crippen LogP contribution < -0.4 is 20.9 Å². The second-order valence-corrected chi connectivity index (χ2v) is 8.62. The molecule has 0 bridgehead atoms. The Labute approximate surface area is 200 Å².